The standard InChI is InChI=1S/C21H24ClN3O4/c22-18-4-2-16(3-5-18)21(27)17-7-10-24(11-8-17)12-9-23-14-15-1-6-19(25(28)29)20(26)13-15/h1-6,13,17,23,26H,7-12,14H2. The average Bonchev–Trinajstić information content (AvgIpc) is 2.71. The number of hydrogen-bond donors (Lipinski definition) is 2. The smallest absolute Gasteiger partial charge is 0.310 e. The van der Waals surface area contributed by atoms with Crippen molar-refractivity contribution in [3.8, 4) is 5.75 Å². The molecule has 8 heteroatoms. The fraction of sp³-hybridized carbons (Fsp3) is 0.381. The summed E-state index contributed by atoms with van der Waals surface area (Å²) in [6.45, 7) is 3.90. The highest BCUT2D eigenvalue weighted by Crippen LogP contribution is 2.26. The van der Waals surface area contributed by atoms with Crippen LogP contribution in [0, 0.1) is 16.0 Å². The Morgan fingerprint density at radius 1 is 1.21 bits per heavy atom. The van der Waals surface area contributed by atoms with Crippen LogP contribution in [0.4, 0.5) is 5.69 Å². The highest BCUT2D eigenvalue weighted by Gasteiger charge is 2.25. The van der Waals surface area contributed by atoms with E-state index in [9.17, 15) is 20.0 Å². The summed E-state index contributed by atoms with van der Waals surface area (Å²) in [5, 5.41) is 24.3. The van der Waals surface area contributed by atoms with Gasteiger partial charge in [0.15, 0.2) is 11.5 Å². The van der Waals surface area contributed by atoms with Gasteiger partial charge in [-0.1, -0.05) is 17.7 Å². The number of nitro benzene ring substituents is 1. The highest BCUT2D eigenvalue weighted by molar-refractivity contribution is 6.30. The molecule has 1 heterocycles. The van der Waals surface area contributed by atoms with Gasteiger partial charge in [0.2, 0.25) is 0 Å². The number of likely N-dealkylation sites (tertiary alicyclic amines) is 1. The minimum absolute atomic E-state index is 0.0588. The van der Waals surface area contributed by atoms with E-state index in [0.29, 0.717) is 11.6 Å². The summed E-state index contributed by atoms with van der Waals surface area (Å²) < 4.78 is 0. The average molecular weight is 418 g/mol. The summed E-state index contributed by atoms with van der Waals surface area (Å²) in [5.41, 5.74) is 1.23. The number of nitrogens with one attached hydrogen (secondary N) is 1. The van der Waals surface area contributed by atoms with E-state index < -0.39 is 4.92 Å². The quantitative estimate of drug-likeness (QED) is 0.294. The van der Waals surface area contributed by atoms with Crippen LogP contribution in [-0.4, -0.2) is 46.9 Å². The minimum atomic E-state index is -0.603. The minimum Gasteiger partial charge on any atom is -0.502 e. The van der Waals surface area contributed by atoms with Crippen molar-refractivity contribution in [3.63, 3.8) is 0 Å². The SMILES string of the molecule is O=C(c1ccc(Cl)cc1)C1CCN(CCNCc2ccc([N+](=O)[O-])c(O)c2)CC1. The molecule has 0 radical (unpaired) electrons. The van der Waals surface area contributed by atoms with Gasteiger partial charge < -0.3 is 15.3 Å². The maximum Gasteiger partial charge on any atom is 0.310 e. The van der Waals surface area contributed by atoms with Crippen molar-refractivity contribution in [1.29, 1.82) is 0 Å². The summed E-state index contributed by atoms with van der Waals surface area (Å²) in [5.74, 6) is -0.0670. The molecule has 1 aliphatic heterocycles. The number of carbonyl (C=O) groups excluding carboxylic acids is 1. The maximum atomic E-state index is 12.6. The van der Waals surface area contributed by atoms with Crippen LogP contribution in [0.25, 0.3) is 0 Å². The maximum absolute atomic E-state index is 12.6. The van der Waals surface area contributed by atoms with Crippen LogP contribution in [0.3, 0.4) is 0 Å². The number of halogens is 1. The number of nitro groups is 1. The van der Waals surface area contributed by atoms with Crippen LogP contribution in [0.2, 0.25) is 5.02 Å². The first-order valence-electron chi connectivity index (χ1n) is 9.63. The molecule has 2 N–H and O–H groups in total. The number of Topliss-reactive ketones (excluding diaryl/α,β-unsaturated/α-hetero) is 1. The van der Waals surface area contributed by atoms with Crippen molar-refractivity contribution >= 4 is 23.1 Å². The molecule has 7 nitrogen and oxygen atoms in total. The zero-order chi connectivity index (χ0) is 20.8. The predicted molar refractivity (Wildman–Crippen MR) is 111 cm³/mol. The van der Waals surface area contributed by atoms with Gasteiger partial charge in [-0.05, 0) is 61.8 Å². The van der Waals surface area contributed by atoms with Crippen LogP contribution in [0.15, 0.2) is 42.5 Å². The van der Waals surface area contributed by atoms with Gasteiger partial charge in [-0.2, -0.15) is 0 Å². The Bertz CT molecular complexity index is 865. The van der Waals surface area contributed by atoms with Gasteiger partial charge >= 0.3 is 5.69 Å². The molecule has 0 aliphatic carbocycles. The van der Waals surface area contributed by atoms with Crippen molar-refractivity contribution in [3.05, 3.63) is 68.7 Å². The predicted octanol–water partition coefficient (Wildman–Crippen LogP) is 3.64. The van der Waals surface area contributed by atoms with Gasteiger partial charge in [-0.15, -0.1) is 0 Å². The third-order valence-corrected chi connectivity index (χ3v) is 5.51. The molecule has 2 aromatic carbocycles. The first-order chi connectivity index (χ1) is 13.9. The van der Waals surface area contributed by atoms with E-state index in [2.05, 4.69) is 10.2 Å². The molecule has 0 bridgehead atoms. The molecule has 3 rings (SSSR count). The first-order valence-corrected chi connectivity index (χ1v) is 10.0. The van der Waals surface area contributed by atoms with Crippen LogP contribution >= 0.6 is 11.6 Å². The summed E-state index contributed by atoms with van der Waals surface area (Å²) in [6.07, 6.45) is 1.69. The summed E-state index contributed by atoms with van der Waals surface area (Å²) in [4.78, 5) is 25.0. The normalized spacial score (nSPS) is 15.3. The molecule has 0 spiro atoms. The van der Waals surface area contributed by atoms with E-state index in [1.165, 1.54) is 12.1 Å². The second-order valence-electron chi connectivity index (χ2n) is 7.24. The molecule has 0 saturated carbocycles. The molecule has 1 fully saturated rings. The Hall–Kier alpha value is -2.48. The molecular weight excluding hydrogens is 394 g/mol. The number of carbonyl (C=O) groups is 1. The lowest BCUT2D eigenvalue weighted by atomic mass is 9.89. The Morgan fingerprint density at radius 3 is 2.52 bits per heavy atom. The second-order valence-corrected chi connectivity index (χ2v) is 7.68. The molecule has 1 saturated heterocycles. The Kier molecular flexibility index (Phi) is 7.19. The zero-order valence-electron chi connectivity index (χ0n) is 16.0. The van der Waals surface area contributed by atoms with Crippen molar-refractivity contribution in [2.45, 2.75) is 19.4 Å². The number of piperidine rings is 1. The molecule has 1 aliphatic rings. The number of rotatable bonds is 8. The van der Waals surface area contributed by atoms with Crippen molar-refractivity contribution in [2.24, 2.45) is 5.92 Å². The van der Waals surface area contributed by atoms with Crippen LogP contribution in [0.1, 0.15) is 28.8 Å². The van der Waals surface area contributed by atoms with Crippen molar-refractivity contribution in [2.75, 3.05) is 26.2 Å². The summed E-state index contributed by atoms with van der Waals surface area (Å²) >= 11 is 5.88. The van der Waals surface area contributed by atoms with Crippen LogP contribution in [0.5, 0.6) is 5.75 Å². The fourth-order valence-corrected chi connectivity index (χ4v) is 3.70. The van der Waals surface area contributed by atoms with Gasteiger partial charge in [0.25, 0.3) is 0 Å². The molecule has 0 atom stereocenters. The van der Waals surface area contributed by atoms with E-state index in [1.54, 1.807) is 30.3 Å². The van der Waals surface area contributed by atoms with Crippen LogP contribution in [-0.2, 0) is 6.54 Å². The number of phenolic OH excluding ortho intramolecular Hbond substituents is 1. The monoisotopic (exact) mass is 417 g/mol. The zero-order valence-corrected chi connectivity index (χ0v) is 16.8. The number of benzene rings is 2. The number of phenols is 1. The van der Waals surface area contributed by atoms with E-state index in [1.807, 2.05) is 0 Å². The summed E-state index contributed by atoms with van der Waals surface area (Å²) in [6, 6.07) is 11.4. The molecule has 0 aromatic heterocycles. The molecule has 0 unspecified atom stereocenters. The second kappa shape index (κ2) is 9.82. The first kappa shape index (κ1) is 21.2. The Labute approximate surface area is 174 Å². The van der Waals surface area contributed by atoms with Gasteiger partial charge in [0, 0.05) is 42.2 Å². The number of hydrogen-bond acceptors (Lipinski definition) is 6. The molecular formula is C21H24ClN3O4. The lowest BCUT2D eigenvalue weighted by Crippen LogP contribution is -2.39. The lowest BCUT2D eigenvalue weighted by Gasteiger charge is -2.31. The molecule has 29 heavy (non-hydrogen) atoms. The van der Waals surface area contributed by atoms with E-state index in [0.717, 1.165) is 50.1 Å². The van der Waals surface area contributed by atoms with Crippen LogP contribution < -0.4 is 5.32 Å². The molecule has 2 aromatic rings. The largest absolute Gasteiger partial charge is 0.502 e. The molecule has 0 amide bonds. The highest BCUT2D eigenvalue weighted by atomic mass is 35.5. The van der Waals surface area contributed by atoms with Gasteiger partial charge in [0.05, 0.1) is 4.92 Å². The summed E-state index contributed by atoms with van der Waals surface area (Å²) in [7, 11) is 0. The lowest BCUT2D eigenvalue weighted by molar-refractivity contribution is -0.385. The third-order valence-electron chi connectivity index (χ3n) is 5.26. The Balaban J connectivity index is 1.38. The number of ketones is 1. The van der Waals surface area contributed by atoms with E-state index >= 15 is 0 Å². The van der Waals surface area contributed by atoms with Crippen molar-refractivity contribution in [1.82, 2.24) is 10.2 Å². The topological polar surface area (TPSA) is 95.7 Å². The molecule has 154 valence electrons. The number of nitrogens with zero attached hydrogens (tertiary/aromatic N) is 2. The van der Waals surface area contributed by atoms with E-state index in [-0.39, 0.29) is 23.1 Å². The fourth-order valence-electron chi connectivity index (χ4n) is 3.57. The van der Waals surface area contributed by atoms with Gasteiger partial charge in [0.1, 0.15) is 0 Å². The third kappa shape index (κ3) is 5.76. The van der Waals surface area contributed by atoms with Gasteiger partial charge in [-0.3, -0.25) is 14.9 Å². The van der Waals surface area contributed by atoms with Gasteiger partial charge in [-0.25, -0.2) is 0 Å². The van der Waals surface area contributed by atoms with E-state index in [4.69, 9.17) is 11.6 Å². The van der Waals surface area contributed by atoms with Crippen molar-refractivity contribution < 1.29 is 14.8 Å². The number of aromatic hydroxyl groups is 1. The Morgan fingerprint density at radius 2 is 1.90 bits per heavy atom.